The Labute approximate surface area is 61.9 Å². The third-order valence-corrected chi connectivity index (χ3v) is 2.62. The van der Waals surface area contributed by atoms with Gasteiger partial charge in [-0.3, -0.25) is 0 Å². The first-order valence-corrected chi connectivity index (χ1v) is 3.99. The zero-order valence-corrected chi connectivity index (χ0v) is 6.62. The quantitative estimate of drug-likeness (QED) is 0.601. The summed E-state index contributed by atoms with van der Waals surface area (Å²) in [5, 5.41) is 18.4. The van der Waals surface area contributed by atoms with Crippen LogP contribution < -0.4 is 0 Å². The average molecular weight is 144 g/mol. The molecule has 0 bridgehead atoms. The van der Waals surface area contributed by atoms with Crippen molar-refractivity contribution in [3.05, 3.63) is 0 Å². The second kappa shape index (κ2) is 2.89. The number of hydrogen-bond donors (Lipinski definition) is 2. The molecule has 0 aromatic heterocycles. The summed E-state index contributed by atoms with van der Waals surface area (Å²) in [7, 11) is 0. The van der Waals surface area contributed by atoms with Crippen LogP contribution in [-0.2, 0) is 0 Å². The van der Waals surface area contributed by atoms with E-state index in [2.05, 4.69) is 0 Å². The molecule has 1 aliphatic carbocycles. The molecule has 0 amide bonds. The molecule has 60 valence electrons. The maximum absolute atomic E-state index is 9.18. The van der Waals surface area contributed by atoms with E-state index in [1.54, 1.807) is 13.8 Å². The highest BCUT2D eigenvalue weighted by atomic mass is 16.3. The van der Waals surface area contributed by atoms with Gasteiger partial charge in [-0.25, -0.2) is 0 Å². The Morgan fingerprint density at radius 3 is 1.40 bits per heavy atom. The van der Waals surface area contributed by atoms with Crippen LogP contribution in [0.15, 0.2) is 0 Å². The fraction of sp³-hybridized carbons (Fsp3) is 1.00. The zero-order valence-electron chi connectivity index (χ0n) is 6.62. The first kappa shape index (κ1) is 8.02. The van der Waals surface area contributed by atoms with Crippen molar-refractivity contribution in [1.29, 1.82) is 0 Å². The van der Waals surface area contributed by atoms with Crippen LogP contribution in [0.25, 0.3) is 0 Å². The molecule has 1 rings (SSSR count). The number of aliphatic hydroxyl groups excluding tert-OH is 2. The number of rotatable bonds is 2. The van der Waals surface area contributed by atoms with Crippen LogP contribution in [-0.4, -0.2) is 22.4 Å². The highest BCUT2D eigenvalue weighted by Gasteiger charge is 2.36. The van der Waals surface area contributed by atoms with Crippen LogP contribution in [0.5, 0.6) is 0 Å². The van der Waals surface area contributed by atoms with Crippen LogP contribution in [0, 0.1) is 11.8 Å². The fourth-order valence-corrected chi connectivity index (χ4v) is 1.75. The van der Waals surface area contributed by atoms with Gasteiger partial charge < -0.3 is 10.2 Å². The molecule has 0 aromatic rings. The Kier molecular flexibility index (Phi) is 2.32. The Hall–Kier alpha value is -0.0800. The largest absolute Gasteiger partial charge is 0.393 e. The summed E-state index contributed by atoms with van der Waals surface area (Å²) in [5.41, 5.74) is 0. The van der Waals surface area contributed by atoms with Crippen molar-refractivity contribution in [3.63, 3.8) is 0 Å². The van der Waals surface area contributed by atoms with Crippen molar-refractivity contribution in [2.75, 3.05) is 0 Å². The molecule has 0 saturated heterocycles. The molecular weight excluding hydrogens is 128 g/mol. The molecule has 1 fully saturated rings. The van der Waals surface area contributed by atoms with Crippen molar-refractivity contribution in [2.45, 2.75) is 38.9 Å². The molecule has 0 spiro atoms. The molecule has 0 aromatic carbocycles. The van der Waals surface area contributed by atoms with Gasteiger partial charge in [0.15, 0.2) is 0 Å². The highest BCUT2D eigenvalue weighted by Crippen LogP contribution is 2.38. The summed E-state index contributed by atoms with van der Waals surface area (Å²) >= 11 is 0. The molecule has 2 heteroatoms. The topological polar surface area (TPSA) is 40.5 Å². The zero-order chi connectivity index (χ0) is 7.72. The van der Waals surface area contributed by atoms with Gasteiger partial charge in [-0.2, -0.15) is 0 Å². The molecule has 1 aliphatic rings. The molecule has 4 atom stereocenters. The van der Waals surface area contributed by atoms with Crippen molar-refractivity contribution < 1.29 is 10.2 Å². The Balaban J connectivity index is 2.36. The van der Waals surface area contributed by atoms with E-state index < -0.39 is 0 Å². The third-order valence-electron chi connectivity index (χ3n) is 2.62. The maximum Gasteiger partial charge on any atom is 0.0543 e. The van der Waals surface area contributed by atoms with Crippen molar-refractivity contribution in [1.82, 2.24) is 0 Å². The molecule has 0 heterocycles. The summed E-state index contributed by atoms with van der Waals surface area (Å²) in [6.45, 7) is 3.61. The SMILES string of the molecule is CC(O)[C@@H]1CC[C@H]1C(C)O. The number of aliphatic hydroxyl groups is 2. The molecule has 1 saturated carbocycles. The minimum Gasteiger partial charge on any atom is -0.393 e. The van der Waals surface area contributed by atoms with Crippen molar-refractivity contribution >= 4 is 0 Å². The van der Waals surface area contributed by atoms with Crippen LogP contribution in [0.3, 0.4) is 0 Å². The third kappa shape index (κ3) is 1.32. The summed E-state index contributed by atoms with van der Waals surface area (Å²) in [6.07, 6.45) is 1.67. The molecule has 10 heavy (non-hydrogen) atoms. The minimum atomic E-state index is -0.242. The van der Waals surface area contributed by atoms with E-state index in [-0.39, 0.29) is 12.2 Å². The molecule has 2 unspecified atom stereocenters. The van der Waals surface area contributed by atoms with E-state index in [0.717, 1.165) is 12.8 Å². The van der Waals surface area contributed by atoms with Gasteiger partial charge in [0.2, 0.25) is 0 Å². The van der Waals surface area contributed by atoms with E-state index in [0.29, 0.717) is 11.8 Å². The Morgan fingerprint density at radius 2 is 1.30 bits per heavy atom. The Bertz CT molecular complexity index is 95.8. The predicted octanol–water partition coefficient (Wildman–Crippen LogP) is 0.774. The molecular formula is C8H16O2. The van der Waals surface area contributed by atoms with Gasteiger partial charge >= 0.3 is 0 Å². The predicted molar refractivity (Wildman–Crippen MR) is 39.6 cm³/mol. The lowest BCUT2D eigenvalue weighted by molar-refractivity contribution is -0.0372. The number of hydrogen-bond acceptors (Lipinski definition) is 2. The minimum absolute atomic E-state index is 0.242. The second-order valence-corrected chi connectivity index (χ2v) is 3.39. The van der Waals surface area contributed by atoms with Gasteiger partial charge in [-0.1, -0.05) is 0 Å². The van der Waals surface area contributed by atoms with Gasteiger partial charge in [-0.15, -0.1) is 0 Å². The van der Waals surface area contributed by atoms with E-state index in [4.69, 9.17) is 0 Å². The van der Waals surface area contributed by atoms with Crippen LogP contribution in [0.1, 0.15) is 26.7 Å². The summed E-state index contributed by atoms with van der Waals surface area (Å²) in [6, 6.07) is 0. The summed E-state index contributed by atoms with van der Waals surface area (Å²) < 4.78 is 0. The lowest BCUT2D eigenvalue weighted by Gasteiger charge is -2.40. The molecule has 2 nitrogen and oxygen atoms in total. The van der Waals surface area contributed by atoms with E-state index in [1.165, 1.54) is 0 Å². The lowest BCUT2D eigenvalue weighted by Crippen LogP contribution is -2.40. The van der Waals surface area contributed by atoms with Gasteiger partial charge in [0.05, 0.1) is 12.2 Å². The molecule has 2 N–H and O–H groups in total. The van der Waals surface area contributed by atoms with E-state index >= 15 is 0 Å². The van der Waals surface area contributed by atoms with Crippen LogP contribution >= 0.6 is 0 Å². The lowest BCUT2D eigenvalue weighted by atomic mass is 9.68. The highest BCUT2D eigenvalue weighted by molar-refractivity contribution is 4.86. The van der Waals surface area contributed by atoms with Crippen LogP contribution in [0.2, 0.25) is 0 Å². The monoisotopic (exact) mass is 144 g/mol. The van der Waals surface area contributed by atoms with E-state index in [9.17, 15) is 10.2 Å². The smallest absolute Gasteiger partial charge is 0.0543 e. The van der Waals surface area contributed by atoms with Gasteiger partial charge in [-0.05, 0) is 38.5 Å². The second-order valence-electron chi connectivity index (χ2n) is 3.39. The van der Waals surface area contributed by atoms with Crippen molar-refractivity contribution in [3.8, 4) is 0 Å². The first-order valence-electron chi connectivity index (χ1n) is 3.99. The summed E-state index contributed by atoms with van der Waals surface area (Å²) in [5.74, 6) is 0.694. The van der Waals surface area contributed by atoms with Gasteiger partial charge in [0, 0.05) is 0 Å². The maximum atomic E-state index is 9.18. The van der Waals surface area contributed by atoms with Gasteiger partial charge in [0.1, 0.15) is 0 Å². The first-order chi connectivity index (χ1) is 4.63. The van der Waals surface area contributed by atoms with Crippen molar-refractivity contribution in [2.24, 2.45) is 11.8 Å². The average Bonchev–Trinajstić information content (AvgIpc) is 1.56. The van der Waals surface area contributed by atoms with E-state index in [1.807, 2.05) is 0 Å². The summed E-state index contributed by atoms with van der Waals surface area (Å²) in [4.78, 5) is 0. The molecule has 0 radical (unpaired) electrons. The molecule has 0 aliphatic heterocycles. The standard InChI is InChI=1S/C8H16O2/c1-5(9)7-3-4-8(7)6(2)10/h5-10H,3-4H2,1-2H3/t5?,6?,7-,8-/m0/s1. The fourth-order valence-electron chi connectivity index (χ4n) is 1.75. The Morgan fingerprint density at radius 1 is 1.00 bits per heavy atom. The van der Waals surface area contributed by atoms with Crippen LogP contribution in [0.4, 0.5) is 0 Å². The normalized spacial score (nSPS) is 38.4. The van der Waals surface area contributed by atoms with Gasteiger partial charge in [0.25, 0.3) is 0 Å².